The lowest BCUT2D eigenvalue weighted by atomic mass is 10.2. The summed E-state index contributed by atoms with van der Waals surface area (Å²) in [5, 5.41) is 9.51. The maximum absolute atomic E-state index is 10.9. The van der Waals surface area contributed by atoms with Gasteiger partial charge < -0.3 is 19.0 Å². The molecule has 0 fully saturated rings. The quantitative estimate of drug-likeness (QED) is 0.883. The Labute approximate surface area is 104 Å². The van der Waals surface area contributed by atoms with Gasteiger partial charge in [-0.2, -0.15) is 0 Å². The molecule has 0 saturated carbocycles. The zero-order valence-corrected chi connectivity index (χ0v) is 10.2. The van der Waals surface area contributed by atoms with Crippen LogP contribution in [0.1, 0.15) is 17.3 Å². The van der Waals surface area contributed by atoms with Gasteiger partial charge in [-0.1, -0.05) is 0 Å². The SMILES string of the molecule is COCC(C)Oc1ccc2c(C(=O)O)coc2c1. The van der Waals surface area contributed by atoms with Gasteiger partial charge >= 0.3 is 5.97 Å². The summed E-state index contributed by atoms with van der Waals surface area (Å²) in [6.45, 7) is 2.37. The van der Waals surface area contributed by atoms with Crippen molar-refractivity contribution >= 4 is 16.9 Å². The monoisotopic (exact) mass is 250 g/mol. The molecule has 0 aliphatic rings. The number of aromatic carboxylic acids is 1. The van der Waals surface area contributed by atoms with Gasteiger partial charge in [-0.05, 0) is 19.1 Å². The summed E-state index contributed by atoms with van der Waals surface area (Å²) in [5.41, 5.74) is 0.649. The molecule has 0 saturated heterocycles. The first-order valence-corrected chi connectivity index (χ1v) is 5.52. The van der Waals surface area contributed by atoms with Crippen LogP contribution in [0.5, 0.6) is 5.75 Å². The number of methoxy groups -OCH3 is 1. The molecule has 5 heteroatoms. The van der Waals surface area contributed by atoms with Crippen molar-refractivity contribution in [2.45, 2.75) is 13.0 Å². The van der Waals surface area contributed by atoms with Gasteiger partial charge in [-0.15, -0.1) is 0 Å². The average Bonchev–Trinajstić information content (AvgIpc) is 2.72. The number of furan rings is 1. The molecular formula is C13H14O5. The van der Waals surface area contributed by atoms with Gasteiger partial charge in [0, 0.05) is 18.6 Å². The predicted octanol–water partition coefficient (Wildman–Crippen LogP) is 2.54. The van der Waals surface area contributed by atoms with E-state index in [-0.39, 0.29) is 11.7 Å². The molecule has 1 aromatic carbocycles. The lowest BCUT2D eigenvalue weighted by molar-refractivity contribution is 0.0698. The number of benzene rings is 1. The van der Waals surface area contributed by atoms with Crippen LogP contribution in [0.2, 0.25) is 0 Å². The molecule has 96 valence electrons. The molecule has 1 heterocycles. The third kappa shape index (κ3) is 2.46. The summed E-state index contributed by atoms with van der Waals surface area (Å²) < 4.78 is 15.8. The second-order valence-electron chi connectivity index (χ2n) is 4.00. The van der Waals surface area contributed by atoms with Crippen LogP contribution < -0.4 is 4.74 Å². The number of rotatable bonds is 5. The third-order valence-electron chi connectivity index (χ3n) is 2.52. The van der Waals surface area contributed by atoms with Gasteiger partial charge in [-0.3, -0.25) is 0 Å². The van der Waals surface area contributed by atoms with Crippen molar-refractivity contribution in [2.24, 2.45) is 0 Å². The predicted molar refractivity (Wildman–Crippen MR) is 65.1 cm³/mol. The van der Waals surface area contributed by atoms with E-state index in [0.717, 1.165) is 0 Å². The van der Waals surface area contributed by atoms with E-state index >= 15 is 0 Å². The van der Waals surface area contributed by atoms with Crippen molar-refractivity contribution in [1.82, 2.24) is 0 Å². The van der Waals surface area contributed by atoms with Crippen molar-refractivity contribution < 1.29 is 23.8 Å². The molecule has 2 aromatic rings. The minimum absolute atomic E-state index is 0.0821. The van der Waals surface area contributed by atoms with E-state index in [1.165, 1.54) is 6.26 Å². The van der Waals surface area contributed by atoms with Gasteiger partial charge in [0.05, 0.1) is 6.61 Å². The Morgan fingerprint density at radius 3 is 2.94 bits per heavy atom. The highest BCUT2D eigenvalue weighted by Gasteiger charge is 2.13. The lowest BCUT2D eigenvalue weighted by Crippen LogP contribution is -2.17. The Balaban J connectivity index is 2.26. The Morgan fingerprint density at radius 1 is 1.50 bits per heavy atom. The average molecular weight is 250 g/mol. The summed E-state index contributed by atoms with van der Waals surface area (Å²) in [7, 11) is 1.61. The van der Waals surface area contributed by atoms with Crippen LogP contribution in [0.3, 0.4) is 0 Å². The van der Waals surface area contributed by atoms with Crippen molar-refractivity contribution in [2.75, 3.05) is 13.7 Å². The van der Waals surface area contributed by atoms with E-state index in [4.69, 9.17) is 19.0 Å². The summed E-state index contributed by atoms with van der Waals surface area (Å²) in [5.74, 6) is -0.381. The number of hydrogen-bond donors (Lipinski definition) is 1. The van der Waals surface area contributed by atoms with E-state index in [2.05, 4.69) is 0 Å². The molecule has 0 aliphatic heterocycles. The first kappa shape index (κ1) is 12.4. The van der Waals surface area contributed by atoms with Crippen LogP contribution in [0.25, 0.3) is 11.0 Å². The molecule has 1 N–H and O–H groups in total. The lowest BCUT2D eigenvalue weighted by Gasteiger charge is -2.13. The van der Waals surface area contributed by atoms with Crippen LogP contribution >= 0.6 is 0 Å². The standard InChI is InChI=1S/C13H14O5/c1-8(6-16-2)18-9-3-4-10-11(13(14)15)7-17-12(10)5-9/h3-5,7-8H,6H2,1-2H3,(H,14,15). The number of ether oxygens (including phenoxy) is 2. The maximum atomic E-state index is 10.9. The van der Waals surface area contributed by atoms with Crippen LogP contribution in [0.15, 0.2) is 28.9 Å². The van der Waals surface area contributed by atoms with Gasteiger partial charge in [0.1, 0.15) is 29.3 Å². The summed E-state index contributed by atoms with van der Waals surface area (Å²) in [6, 6.07) is 5.07. The second-order valence-corrected chi connectivity index (χ2v) is 4.00. The Morgan fingerprint density at radius 2 is 2.28 bits per heavy atom. The highest BCUT2D eigenvalue weighted by Crippen LogP contribution is 2.26. The molecule has 1 unspecified atom stereocenters. The highest BCUT2D eigenvalue weighted by atomic mass is 16.5. The molecule has 1 aromatic heterocycles. The molecule has 1 atom stereocenters. The topological polar surface area (TPSA) is 68.9 Å². The number of carboxylic acids is 1. The second kappa shape index (κ2) is 5.10. The van der Waals surface area contributed by atoms with E-state index in [0.29, 0.717) is 23.3 Å². The van der Waals surface area contributed by atoms with Crippen LogP contribution in [-0.2, 0) is 4.74 Å². The zero-order chi connectivity index (χ0) is 13.1. The minimum atomic E-state index is -1.00. The molecule has 0 radical (unpaired) electrons. The van der Waals surface area contributed by atoms with Crippen molar-refractivity contribution in [3.05, 3.63) is 30.0 Å². The van der Waals surface area contributed by atoms with Crippen LogP contribution in [-0.4, -0.2) is 30.9 Å². The Hall–Kier alpha value is -2.01. The summed E-state index contributed by atoms with van der Waals surface area (Å²) in [4.78, 5) is 10.9. The van der Waals surface area contributed by atoms with Crippen LogP contribution in [0.4, 0.5) is 0 Å². The molecule has 0 bridgehead atoms. The van der Waals surface area contributed by atoms with E-state index in [1.807, 2.05) is 6.92 Å². The van der Waals surface area contributed by atoms with Gasteiger partial charge in [0.25, 0.3) is 0 Å². The molecule has 0 aliphatic carbocycles. The summed E-state index contributed by atoms with van der Waals surface area (Å²) in [6.07, 6.45) is 1.15. The fourth-order valence-corrected chi connectivity index (χ4v) is 1.75. The fourth-order valence-electron chi connectivity index (χ4n) is 1.75. The van der Waals surface area contributed by atoms with Crippen molar-refractivity contribution in [3.63, 3.8) is 0 Å². The van der Waals surface area contributed by atoms with Crippen molar-refractivity contribution in [3.8, 4) is 5.75 Å². The zero-order valence-electron chi connectivity index (χ0n) is 10.2. The highest BCUT2D eigenvalue weighted by molar-refractivity contribution is 6.02. The maximum Gasteiger partial charge on any atom is 0.339 e. The van der Waals surface area contributed by atoms with E-state index in [1.54, 1.807) is 25.3 Å². The third-order valence-corrected chi connectivity index (χ3v) is 2.52. The molecule has 18 heavy (non-hydrogen) atoms. The molecular weight excluding hydrogens is 236 g/mol. The number of carboxylic acid groups (broad SMARTS) is 1. The minimum Gasteiger partial charge on any atom is -0.488 e. The Bertz CT molecular complexity index is 558. The first-order valence-electron chi connectivity index (χ1n) is 5.52. The summed E-state index contributed by atoms with van der Waals surface area (Å²) >= 11 is 0. The van der Waals surface area contributed by atoms with Crippen molar-refractivity contribution in [1.29, 1.82) is 0 Å². The number of carbonyl (C=O) groups is 1. The van der Waals surface area contributed by atoms with Crippen LogP contribution in [0, 0.1) is 0 Å². The molecule has 2 rings (SSSR count). The molecule has 0 spiro atoms. The normalized spacial score (nSPS) is 12.6. The first-order chi connectivity index (χ1) is 8.61. The van der Waals surface area contributed by atoms with Gasteiger partial charge in [0.2, 0.25) is 0 Å². The van der Waals surface area contributed by atoms with E-state index in [9.17, 15) is 4.79 Å². The fraction of sp³-hybridized carbons (Fsp3) is 0.308. The largest absolute Gasteiger partial charge is 0.488 e. The Kier molecular flexibility index (Phi) is 3.53. The molecule has 0 amide bonds. The number of fused-ring (bicyclic) bond motifs is 1. The van der Waals surface area contributed by atoms with E-state index < -0.39 is 5.97 Å². The molecule has 5 nitrogen and oxygen atoms in total. The van der Waals surface area contributed by atoms with Gasteiger partial charge in [0.15, 0.2) is 0 Å². The number of hydrogen-bond acceptors (Lipinski definition) is 4. The van der Waals surface area contributed by atoms with Gasteiger partial charge in [-0.25, -0.2) is 4.79 Å². The smallest absolute Gasteiger partial charge is 0.339 e.